The third-order valence-corrected chi connectivity index (χ3v) is 6.80. The van der Waals surface area contributed by atoms with Crippen molar-refractivity contribution >= 4 is 23.4 Å². The van der Waals surface area contributed by atoms with Crippen LogP contribution in [-0.4, -0.2) is 32.7 Å². The van der Waals surface area contributed by atoms with Gasteiger partial charge in [0.25, 0.3) is 11.6 Å². The zero-order valence-corrected chi connectivity index (χ0v) is 21.5. The third kappa shape index (κ3) is 6.20. The minimum atomic E-state index is -4.46. The summed E-state index contributed by atoms with van der Waals surface area (Å²) in [6.07, 6.45) is -4.46. The van der Waals surface area contributed by atoms with Gasteiger partial charge < -0.3 is 10.1 Å². The molecule has 1 aromatic heterocycles. The van der Waals surface area contributed by atoms with Gasteiger partial charge in [0.2, 0.25) is 0 Å². The van der Waals surface area contributed by atoms with Crippen LogP contribution < -0.4 is 10.1 Å². The normalized spacial score (nSPS) is 11.3. The first-order chi connectivity index (χ1) is 18.6. The number of benzene rings is 3. The van der Waals surface area contributed by atoms with Crippen LogP contribution in [0.5, 0.6) is 5.75 Å². The van der Waals surface area contributed by atoms with Crippen LogP contribution in [0.2, 0.25) is 0 Å². The molecular formula is C26H22F3N5O4S. The number of aromatic nitrogens is 3. The van der Waals surface area contributed by atoms with Crippen molar-refractivity contribution in [1.82, 2.24) is 20.1 Å². The summed E-state index contributed by atoms with van der Waals surface area (Å²) >= 11 is 1.17. The number of hydrogen-bond donors (Lipinski definition) is 1. The molecule has 0 spiro atoms. The monoisotopic (exact) mass is 557 g/mol. The van der Waals surface area contributed by atoms with Crippen molar-refractivity contribution in [3.8, 4) is 11.4 Å². The van der Waals surface area contributed by atoms with E-state index in [4.69, 9.17) is 4.74 Å². The lowest BCUT2D eigenvalue weighted by molar-refractivity contribution is -0.385. The Balaban J connectivity index is 1.62. The van der Waals surface area contributed by atoms with Crippen molar-refractivity contribution in [3.63, 3.8) is 0 Å². The highest BCUT2D eigenvalue weighted by atomic mass is 32.2. The highest BCUT2D eigenvalue weighted by Gasteiger charge is 2.30. The maximum atomic E-state index is 13.1. The van der Waals surface area contributed by atoms with E-state index in [0.717, 1.165) is 12.1 Å². The molecule has 0 atom stereocenters. The van der Waals surface area contributed by atoms with Gasteiger partial charge in [0.15, 0.2) is 11.0 Å². The van der Waals surface area contributed by atoms with Crippen molar-refractivity contribution in [2.45, 2.75) is 30.6 Å². The summed E-state index contributed by atoms with van der Waals surface area (Å²) < 4.78 is 46.6. The Bertz CT molecular complexity index is 1520. The van der Waals surface area contributed by atoms with Gasteiger partial charge in [-0.3, -0.25) is 19.5 Å². The molecule has 13 heteroatoms. The van der Waals surface area contributed by atoms with Crippen LogP contribution >= 0.6 is 11.8 Å². The van der Waals surface area contributed by atoms with E-state index >= 15 is 0 Å². The zero-order valence-electron chi connectivity index (χ0n) is 20.7. The van der Waals surface area contributed by atoms with Crippen molar-refractivity contribution < 1.29 is 27.6 Å². The average Bonchev–Trinajstić information content (AvgIpc) is 3.32. The van der Waals surface area contributed by atoms with Gasteiger partial charge in [0.1, 0.15) is 5.75 Å². The van der Waals surface area contributed by atoms with Gasteiger partial charge in [-0.1, -0.05) is 48.2 Å². The Morgan fingerprint density at radius 1 is 1.10 bits per heavy atom. The molecular weight excluding hydrogens is 535 g/mol. The van der Waals surface area contributed by atoms with Gasteiger partial charge in [0, 0.05) is 22.9 Å². The van der Waals surface area contributed by atoms with E-state index in [1.54, 1.807) is 34.9 Å². The second-order valence-electron chi connectivity index (χ2n) is 8.28. The minimum Gasteiger partial charge on any atom is -0.495 e. The quantitative estimate of drug-likeness (QED) is 0.159. The van der Waals surface area contributed by atoms with Crippen LogP contribution in [0.25, 0.3) is 5.69 Å². The predicted molar refractivity (Wildman–Crippen MR) is 138 cm³/mol. The van der Waals surface area contributed by atoms with Gasteiger partial charge in [-0.2, -0.15) is 13.2 Å². The van der Waals surface area contributed by atoms with Crippen LogP contribution in [-0.2, 0) is 18.5 Å². The van der Waals surface area contributed by atoms with Gasteiger partial charge in [-0.25, -0.2) is 0 Å². The number of halogens is 3. The summed E-state index contributed by atoms with van der Waals surface area (Å²) in [5.74, 6) is 0.447. The Labute approximate surface area is 225 Å². The number of carbonyl (C=O) groups is 1. The number of alkyl halides is 3. The number of nitro benzene ring substituents is 1. The number of para-hydroxylation sites is 2. The van der Waals surface area contributed by atoms with Gasteiger partial charge in [-0.15, -0.1) is 10.2 Å². The first kappa shape index (κ1) is 27.6. The van der Waals surface area contributed by atoms with E-state index in [1.807, 2.05) is 0 Å². The number of ether oxygens (including phenoxy) is 1. The maximum absolute atomic E-state index is 13.1. The Morgan fingerprint density at radius 3 is 2.56 bits per heavy atom. The van der Waals surface area contributed by atoms with E-state index in [-0.39, 0.29) is 29.1 Å². The number of methoxy groups -OCH3 is 1. The van der Waals surface area contributed by atoms with Gasteiger partial charge >= 0.3 is 6.18 Å². The molecule has 0 aliphatic rings. The smallest absolute Gasteiger partial charge is 0.416 e. The molecule has 1 N–H and O–H groups in total. The van der Waals surface area contributed by atoms with Crippen LogP contribution in [0.4, 0.5) is 18.9 Å². The molecule has 0 aliphatic heterocycles. The molecule has 0 bridgehead atoms. The molecule has 0 saturated carbocycles. The molecule has 3 aromatic carbocycles. The second kappa shape index (κ2) is 11.6. The van der Waals surface area contributed by atoms with Crippen LogP contribution in [0.1, 0.15) is 32.9 Å². The second-order valence-corrected chi connectivity index (χ2v) is 9.22. The van der Waals surface area contributed by atoms with Crippen LogP contribution in [0, 0.1) is 17.0 Å². The summed E-state index contributed by atoms with van der Waals surface area (Å²) in [4.78, 5) is 23.6. The van der Waals surface area contributed by atoms with Crippen molar-refractivity contribution in [3.05, 3.63) is 105 Å². The van der Waals surface area contributed by atoms with E-state index < -0.39 is 22.6 Å². The lowest BCUT2D eigenvalue weighted by Crippen LogP contribution is -2.25. The number of nitrogens with zero attached hydrogens (tertiary/aromatic N) is 4. The largest absolute Gasteiger partial charge is 0.495 e. The molecule has 4 aromatic rings. The van der Waals surface area contributed by atoms with E-state index in [9.17, 15) is 28.1 Å². The molecule has 0 fully saturated rings. The molecule has 0 radical (unpaired) electrons. The number of rotatable bonds is 9. The number of carbonyl (C=O) groups excluding carboxylic acids is 1. The Morgan fingerprint density at radius 2 is 1.85 bits per heavy atom. The summed E-state index contributed by atoms with van der Waals surface area (Å²) in [6, 6.07) is 16.3. The number of nitrogens with one attached hydrogen (secondary N) is 1. The molecule has 1 heterocycles. The highest BCUT2D eigenvalue weighted by molar-refractivity contribution is 7.98. The molecule has 202 valence electrons. The van der Waals surface area contributed by atoms with Crippen molar-refractivity contribution in [2.24, 2.45) is 0 Å². The SMILES string of the molecule is COc1ccccc1-n1c(CNC(=O)c2cccc([N+](=O)[O-])c2C)nnc1SCc1cccc(C(F)(F)F)c1. The summed E-state index contributed by atoms with van der Waals surface area (Å²) in [7, 11) is 1.49. The number of thioether (sulfide) groups is 1. The summed E-state index contributed by atoms with van der Waals surface area (Å²) in [6.45, 7) is 1.41. The molecule has 0 aliphatic carbocycles. The van der Waals surface area contributed by atoms with E-state index in [1.165, 1.54) is 50.1 Å². The highest BCUT2D eigenvalue weighted by Crippen LogP contribution is 2.33. The van der Waals surface area contributed by atoms with E-state index in [2.05, 4.69) is 15.5 Å². The molecule has 4 rings (SSSR count). The summed E-state index contributed by atoms with van der Waals surface area (Å²) in [5.41, 5.74) is 0.461. The predicted octanol–water partition coefficient (Wildman–Crippen LogP) is 5.73. The van der Waals surface area contributed by atoms with Crippen molar-refractivity contribution in [1.29, 1.82) is 0 Å². The number of hydrogen-bond acceptors (Lipinski definition) is 7. The Hall–Kier alpha value is -4.39. The number of amides is 1. The zero-order chi connectivity index (χ0) is 28.2. The fourth-order valence-corrected chi connectivity index (χ4v) is 4.78. The maximum Gasteiger partial charge on any atom is 0.416 e. The minimum absolute atomic E-state index is 0.0872. The van der Waals surface area contributed by atoms with E-state index in [0.29, 0.717) is 28.0 Å². The lowest BCUT2D eigenvalue weighted by Gasteiger charge is -2.14. The first-order valence-electron chi connectivity index (χ1n) is 11.5. The topological polar surface area (TPSA) is 112 Å². The average molecular weight is 558 g/mol. The molecule has 9 nitrogen and oxygen atoms in total. The molecule has 1 amide bonds. The van der Waals surface area contributed by atoms with Crippen LogP contribution in [0.15, 0.2) is 71.9 Å². The van der Waals surface area contributed by atoms with Crippen LogP contribution in [0.3, 0.4) is 0 Å². The summed E-state index contributed by atoms with van der Waals surface area (Å²) in [5, 5.41) is 22.8. The first-order valence-corrected chi connectivity index (χ1v) is 12.5. The third-order valence-electron chi connectivity index (χ3n) is 5.80. The fraction of sp³-hybridized carbons (Fsp3) is 0.192. The van der Waals surface area contributed by atoms with Gasteiger partial charge in [0.05, 0.1) is 29.8 Å². The fourth-order valence-electron chi connectivity index (χ4n) is 3.87. The Kier molecular flexibility index (Phi) is 8.19. The standard InChI is InChI=1S/C26H22F3N5O4S/c1-16-19(9-6-11-20(16)34(36)37)24(35)30-14-23-31-32-25(33(23)21-10-3-4-12-22(21)38-2)39-15-17-7-5-8-18(13-17)26(27,28)29/h3-13H,14-15H2,1-2H3,(H,30,35). The molecule has 39 heavy (non-hydrogen) atoms. The molecule has 0 unspecified atom stereocenters. The lowest BCUT2D eigenvalue weighted by atomic mass is 10.1. The van der Waals surface area contributed by atoms with Gasteiger partial charge in [-0.05, 0) is 36.8 Å². The number of nitro groups is 1. The van der Waals surface area contributed by atoms with Crippen molar-refractivity contribution in [2.75, 3.05) is 7.11 Å². The molecule has 0 saturated heterocycles.